The SMILES string of the molecule is CCCCOC(=O)NC1(C/C=C/C(=O)O)CCC1. The largest absolute Gasteiger partial charge is 0.478 e. The van der Waals surface area contributed by atoms with Gasteiger partial charge in [-0.25, -0.2) is 9.59 Å². The van der Waals surface area contributed by atoms with Crippen molar-refractivity contribution in [1.29, 1.82) is 0 Å². The summed E-state index contributed by atoms with van der Waals surface area (Å²) in [6.07, 6.45) is 7.50. The van der Waals surface area contributed by atoms with Gasteiger partial charge in [-0.3, -0.25) is 0 Å². The van der Waals surface area contributed by atoms with Crippen LogP contribution < -0.4 is 5.32 Å². The molecule has 1 rings (SSSR count). The molecule has 2 N–H and O–H groups in total. The Morgan fingerprint density at radius 1 is 1.44 bits per heavy atom. The second-order valence-electron chi connectivity index (χ2n) is 4.69. The molecule has 0 bridgehead atoms. The Hall–Kier alpha value is -1.52. The third-order valence-electron chi connectivity index (χ3n) is 3.18. The molecule has 0 aliphatic heterocycles. The van der Waals surface area contributed by atoms with E-state index in [1.54, 1.807) is 6.08 Å². The zero-order chi connectivity index (χ0) is 13.4. The minimum absolute atomic E-state index is 0.296. The van der Waals surface area contributed by atoms with Crippen LogP contribution in [0.2, 0.25) is 0 Å². The maximum absolute atomic E-state index is 11.5. The third-order valence-corrected chi connectivity index (χ3v) is 3.18. The second kappa shape index (κ2) is 7.03. The number of carboxylic acid groups (broad SMARTS) is 1. The Labute approximate surface area is 107 Å². The summed E-state index contributed by atoms with van der Waals surface area (Å²) in [5.74, 6) is -0.963. The molecule has 0 aromatic rings. The minimum Gasteiger partial charge on any atom is -0.478 e. The molecular formula is C13H21NO4. The maximum atomic E-state index is 11.5. The summed E-state index contributed by atoms with van der Waals surface area (Å²) in [5, 5.41) is 11.4. The topological polar surface area (TPSA) is 75.6 Å². The zero-order valence-electron chi connectivity index (χ0n) is 10.8. The van der Waals surface area contributed by atoms with Gasteiger partial charge in [-0.05, 0) is 32.1 Å². The number of unbranched alkanes of at least 4 members (excludes halogenated alkanes) is 1. The monoisotopic (exact) mass is 255 g/mol. The molecule has 1 saturated carbocycles. The molecule has 1 amide bonds. The fraction of sp³-hybridized carbons (Fsp3) is 0.692. The van der Waals surface area contributed by atoms with Crippen molar-refractivity contribution in [2.45, 2.75) is 51.0 Å². The molecule has 1 fully saturated rings. The first kappa shape index (κ1) is 14.5. The first-order valence-electron chi connectivity index (χ1n) is 6.42. The van der Waals surface area contributed by atoms with Gasteiger partial charge in [-0.2, -0.15) is 0 Å². The lowest BCUT2D eigenvalue weighted by Gasteiger charge is -2.41. The fourth-order valence-corrected chi connectivity index (χ4v) is 1.93. The van der Waals surface area contributed by atoms with Crippen LogP contribution in [0.25, 0.3) is 0 Å². The molecule has 5 heteroatoms. The van der Waals surface area contributed by atoms with E-state index in [1.165, 1.54) is 0 Å². The number of hydrogen-bond donors (Lipinski definition) is 2. The van der Waals surface area contributed by atoms with Gasteiger partial charge in [0.25, 0.3) is 0 Å². The van der Waals surface area contributed by atoms with Crippen molar-refractivity contribution in [2.75, 3.05) is 6.61 Å². The van der Waals surface area contributed by atoms with E-state index >= 15 is 0 Å². The lowest BCUT2D eigenvalue weighted by molar-refractivity contribution is -0.131. The number of carbonyl (C=O) groups is 2. The number of nitrogens with one attached hydrogen (secondary N) is 1. The molecule has 0 aromatic heterocycles. The van der Waals surface area contributed by atoms with Crippen LogP contribution in [-0.4, -0.2) is 29.3 Å². The van der Waals surface area contributed by atoms with E-state index in [-0.39, 0.29) is 5.54 Å². The van der Waals surface area contributed by atoms with Crippen LogP contribution in [0.1, 0.15) is 45.4 Å². The van der Waals surface area contributed by atoms with Crippen LogP contribution in [0.3, 0.4) is 0 Å². The van der Waals surface area contributed by atoms with E-state index in [2.05, 4.69) is 5.32 Å². The molecule has 1 aliphatic carbocycles. The van der Waals surface area contributed by atoms with Crippen LogP contribution in [0.15, 0.2) is 12.2 Å². The van der Waals surface area contributed by atoms with Crippen molar-refractivity contribution in [3.8, 4) is 0 Å². The van der Waals surface area contributed by atoms with Gasteiger partial charge >= 0.3 is 12.1 Å². The Bertz CT molecular complexity index is 321. The zero-order valence-corrected chi connectivity index (χ0v) is 10.8. The maximum Gasteiger partial charge on any atom is 0.407 e. The second-order valence-corrected chi connectivity index (χ2v) is 4.69. The van der Waals surface area contributed by atoms with Gasteiger partial charge in [-0.1, -0.05) is 19.4 Å². The van der Waals surface area contributed by atoms with Crippen LogP contribution >= 0.6 is 0 Å². The molecule has 0 atom stereocenters. The highest BCUT2D eigenvalue weighted by molar-refractivity contribution is 5.79. The van der Waals surface area contributed by atoms with Gasteiger partial charge in [0, 0.05) is 11.6 Å². The van der Waals surface area contributed by atoms with Crippen molar-refractivity contribution in [3.05, 3.63) is 12.2 Å². The summed E-state index contributed by atoms with van der Waals surface area (Å²) < 4.78 is 5.05. The average Bonchev–Trinajstić information content (AvgIpc) is 2.25. The molecule has 0 saturated heterocycles. The Balaban J connectivity index is 2.35. The molecule has 0 heterocycles. The summed E-state index contributed by atoms with van der Waals surface area (Å²) in [6.45, 7) is 2.47. The predicted molar refractivity (Wildman–Crippen MR) is 67.4 cm³/mol. The summed E-state index contributed by atoms with van der Waals surface area (Å²) in [4.78, 5) is 21.9. The molecule has 0 unspecified atom stereocenters. The van der Waals surface area contributed by atoms with Gasteiger partial charge in [0.05, 0.1) is 6.61 Å². The minimum atomic E-state index is -0.963. The van der Waals surface area contributed by atoms with Gasteiger partial charge in [0.15, 0.2) is 0 Å². The first-order valence-corrected chi connectivity index (χ1v) is 6.42. The van der Waals surface area contributed by atoms with Crippen molar-refractivity contribution in [1.82, 2.24) is 5.32 Å². The lowest BCUT2D eigenvalue weighted by Crippen LogP contribution is -2.53. The van der Waals surface area contributed by atoms with E-state index in [0.29, 0.717) is 13.0 Å². The molecule has 18 heavy (non-hydrogen) atoms. The first-order chi connectivity index (χ1) is 8.58. The summed E-state index contributed by atoms with van der Waals surface area (Å²) in [5.41, 5.74) is -0.296. The summed E-state index contributed by atoms with van der Waals surface area (Å²) >= 11 is 0. The predicted octanol–water partition coefficient (Wildman–Crippen LogP) is 2.47. The average molecular weight is 255 g/mol. The van der Waals surface area contributed by atoms with Crippen molar-refractivity contribution >= 4 is 12.1 Å². The number of hydrogen-bond acceptors (Lipinski definition) is 3. The molecule has 0 aromatic carbocycles. The number of ether oxygens (including phenoxy) is 1. The molecule has 102 valence electrons. The van der Waals surface area contributed by atoms with Gasteiger partial charge in [-0.15, -0.1) is 0 Å². The van der Waals surface area contributed by atoms with Crippen LogP contribution in [0.4, 0.5) is 4.79 Å². The van der Waals surface area contributed by atoms with Crippen LogP contribution in [-0.2, 0) is 9.53 Å². The molecular weight excluding hydrogens is 234 g/mol. The normalized spacial score (nSPS) is 17.2. The van der Waals surface area contributed by atoms with Crippen molar-refractivity contribution in [3.63, 3.8) is 0 Å². The summed E-state index contributed by atoms with van der Waals surface area (Å²) in [6, 6.07) is 0. The highest BCUT2D eigenvalue weighted by atomic mass is 16.5. The van der Waals surface area contributed by atoms with E-state index < -0.39 is 12.1 Å². The van der Waals surface area contributed by atoms with E-state index in [1.807, 2.05) is 6.92 Å². The number of carbonyl (C=O) groups excluding carboxylic acids is 1. The van der Waals surface area contributed by atoms with Crippen LogP contribution in [0, 0.1) is 0 Å². The number of amides is 1. The number of rotatable bonds is 7. The molecule has 0 spiro atoms. The quantitative estimate of drug-likeness (QED) is 0.541. The van der Waals surface area contributed by atoms with E-state index in [4.69, 9.17) is 9.84 Å². The summed E-state index contributed by atoms with van der Waals surface area (Å²) in [7, 11) is 0. The fourth-order valence-electron chi connectivity index (χ4n) is 1.93. The van der Waals surface area contributed by atoms with Gasteiger partial charge in [0.1, 0.15) is 0 Å². The van der Waals surface area contributed by atoms with Crippen LogP contribution in [0.5, 0.6) is 0 Å². The highest BCUT2D eigenvalue weighted by Crippen LogP contribution is 2.35. The Kier molecular flexibility index (Phi) is 5.68. The standard InChI is InChI=1S/C13H21NO4/c1-2-3-10-18-12(17)14-13(8-5-9-13)7-4-6-11(15)16/h4,6H,2-3,5,7-10H2,1H3,(H,14,17)(H,15,16)/b6-4+. The van der Waals surface area contributed by atoms with E-state index in [9.17, 15) is 9.59 Å². The van der Waals surface area contributed by atoms with Gasteiger partial charge in [0.2, 0.25) is 0 Å². The highest BCUT2D eigenvalue weighted by Gasteiger charge is 2.37. The molecule has 1 aliphatic rings. The number of aliphatic carboxylic acids is 1. The lowest BCUT2D eigenvalue weighted by atomic mass is 9.74. The Morgan fingerprint density at radius 3 is 2.67 bits per heavy atom. The Morgan fingerprint density at radius 2 is 2.17 bits per heavy atom. The van der Waals surface area contributed by atoms with Crippen molar-refractivity contribution in [2.24, 2.45) is 0 Å². The number of carboxylic acids is 1. The number of alkyl carbamates (subject to hydrolysis) is 1. The van der Waals surface area contributed by atoms with E-state index in [0.717, 1.165) is 38.2 Å². The smallest absolute Gasteiger partial charge is 0.407 e. The molecule has 5 nitrogen and oxygen atoms in total. The molecule has 0 radical (unpaired) electrons. The van der Waals surface area contributed by atoms with Crippen molar-refractivity contribution < 1.29 is 19.4 Å². The van der Waals surface area contributed by atoms with Gasteiger partial charge < -0.3 is 15.2 Å². The third kappa shape index (κ3) is 4.77.